The molecule has 0 unspecified atom stereocenters. The highest BCUT2D eigenvalue weighted by atomic mass is 79.9. The number of benzene rings is 2. The highest BCUT2D eigenvalue weighted by Gasteiger charge is 2.14. The van der Waals surface area contributed by atoms with Crippen LogP contribution in [0.2, 0.25) is 5.02 Å². The number of carbonyl (C=O) groups excluding carboxylic acids is 1. The van der Waals surface area contributed by atoms with E-state index in [1.807, 2.05) is 13.0 Å². The highest BCUT2D eigenvalue weighted by molar-refractivity contribution is 9.10. The molecule has 0 aliphatic heterocycles. The van der Waals surface area contributed by atoms with Gasteiger partial charge in [0.25, 0.3) is 0 Å². The Labute approximate surface area is 118 Å². The number of aryl methyl sites for hydroxylation is 1. The van der Waals surface area contributed by atoms with Crippen LogP contribution in [0.3, 0.4) is 0 Å². The number of carbonyl (C=O) groups is 1. The van der Waals surface area contributed by atoms with Crippen molar-refractivity contribution >= 4 is 33.3 Å². The summed E-state index contributed by atoms with van der Waals surface area (Å²) < 4.78 is 14.0. The van der Waals surface area contributed by atoms with E-state index in [2.05, 4.69) is 15.9 Å². The van der Waals surface area contributed by atoms with Gasteiger partial charge in [0.2, 0.25) is 0 Å². The average Bonchev–Trinajstić information content (AvgIpc) is 2.30. The number of hydrogen-bond donors (Lipinski definition) is 0. The van der Waals surface area contributed by atoms with Crippen LogP contribution in [0.1, 0.15) is 21.5 Å². The summed E-state index contributed by atoms with van der Waals surface area (Å²) in [6.07, 6.45) is 0. The van der Waals surface area contributed by atoms with E-state index in [1.54, 1.807) is 12.1 Å². The molecule has 2 rings (SSSR count). The normalized spacial score (nSPS) is 10.4. The van der Waals surface area contributed by atoms with Gasteiger partial charge in [0.05, 0.1) is 5.02 Å². The van der Waals surface area contributed by atoms with Crippen LogP contribution >= 0.6 is 27.5 Å². The summed E-state index contributed by atoms with van der Waals surface area (Å²) in [7, 11) is 0. The van der Waals surface area contributed by atoms with Crippen LogP contribution in [0.25, 0.3) is 0 Å². The molecule has 0 amide bonds. The van der Waals surface area contributed by atoms with Crippen LogP contribution in [0.15, 0.2) is 40.9 Å². The Morgan fingerprint density at radius 1 is 1.22 bits per heavy atom. The summed E-state index contributed by atoms with van der Waals surface area (Å²) >= 11 is 9.25. The fourth-order valence-corrected chi connectivity index (χ4v) is 2.51. The maximum atomic E-state index is 13.2. The fraction of sp³-hybridized carbons (Fsp3) is 0.0714. The largest absolute Gasteiger partial charge is 0.289 e. The third kappa shape index (κ3) is 2.79. The van der Waals surface area contributed by atoms with E-state index in [9.17, 15) is 9.18 Å². The summed E-state index contributed by atoms with van der Waals surface area (Å²) in [5.41, 5.74) is 1.60. The van der Waals surface area contributed by atoms with Gasteiger partial charge >= 0.3 is 0 Å². The molecule has 4 heteroatoms. The zero-order chi connectivity index (χ0) is 13.3. The molecule has 0 bridgehead atoms. The van der Waals surface area contributed by atoms with E-state index in [-0.39, 0.29) is 16.4 Å². The molecule has 0 aliphatic rings. The van der Waals surface area contributed by atoms with E-state index in [0.717, 1.165) is 16.1 Å². The van der Waals surface area contributed by atoms with Crippen molar-refractivity contribution in [3.63, 3.8) is 0 Å². The Hall–Kier alpha value is -1.19. The minimum absolute atomic E-state index is 0.175. The van der Waals surface area contributed by atoms with Crippen LogP contribution in [-0.2, 0) is 0 Å². The number of ketones is 1. The van der Waals surface area contributed by atoms with Crippen LogP contribution in [-0.4, -0.2) is 5.78 Å². The van der Waals surface area contributed by atoms with E-state index in [1.165, 1.54) is 12.1 Å². The summed E-state index contributed by atoms with van der Waals surface area (Å²) in [6, 6.07) is 9.09. The minimum Gasteiger partial charge on any atom is -0.289 e. The second-order valence-corrected chi connectivity index (χ2v) is 5.29. The van der Waals surface area contributed by atoms with Crippen LogP contribution in [0.5, 0.6) is 0 Å². The molecule has 0 aromatic heterocycles. The molecule has 2 aromatic rings. The monoisotopic (exact) mass is 326 g/mol. The van der Waals surface area contributed by atoms with Crippen molar-refractivity contribution in [2.75, 3.05) is 0 Å². The Kier molecular flexibility index (Phi) is 3.83. The van der Waals surface area contributed by atoms with Crippen molar-refractivity contribution in [2.45, 2.75) is 6.92 Å². The van der Waals surface area contributed by atoms with Gasteiger partial charge in [0.1, 0.15) is 5.82 Å². The lowest BCUT2D eigenvalue weighted by Gasteiger charge is -2.06. The van der Waals surface area contributed by atoms with E-state index in [4.69, 9.17) is 11.6 Å². The lowest BCUT2D eigenvalue weighted by atomic mass is 10.0. The zero-order valence-corrected chi connectivity index (χ0v) is 11.8. The first kappa shape index (κ1) is 13.2. The van der Waals surface area contributed by atoms with Crippen molar-refractivity contribution in [3.05, 3.63) is 68.4 Å². The zero-order valence-electron chi connectivity index (χ0n) is 9.51. The molecule has 0 spiro atoms. The van der Waals surface area contributed by atoms with Crippen LogP contribution in [0.4, 0.5) is 4.39 Å². The van der Waals surface area contributed by atoms with E-state index < -0.39 is 5.82 Å². The van der Waals surface area contributed by atoms with Gasteiger partial charge in [-0.15, -0.1) is 0 Å². The predicted octanol–water partition coefficient (Wildman–Crippen LogP) is 4.78. The molecule has 1 nitrogen and oxygen atoms in total. The quantitative estimate of drug-likeness (QED) is 0.725. The van der Waals surface area contributed by atoms with Crippen molar-refractivity contribution in [2.24, 2.45) is 0 Å². The molecule has 0 saturated carbocycles. The Morgan fingerprint density at radius 3 is 2.61 bits per heavy atom. The lowest BCUT2D eigenvalue weighted by Crippen LogP contribution is -2.03. The van der Waals surface area contributed by atoms with Crippen molar-refractivity contribution in [3.8, 4) is 0 Å². The maximum absolute atomic E-state index is 13.2. The fourth-order valence-electron chi connectivity index (χ4n) is 1.69. The molecule has 18 heavy (non-hydrogen) atoms. The van der Waals surface area contributed by atoms with Gasteiger partial charge in [0, 0.05) is 15.6 Å². The molecule has 0 N–H and O–H groups in total. The van der Waals surface area contributed by atoms with E-state index >= 15 is 0 Å². The average molecular weight is 328 g/mol. The Balaban J connectivity index is 2.51. The molecule has 0 fully saturated rings. The summed E-state index contributed by atoms with van der Waals surface area (Å²) in [5.74, 6) is -0.765. The lowest BCUT2D eigenvalue weighted by molar-refractivity contribution is 0.103. The second kappa shape index (κ2) is 5.21. The summed E-state index contributed by atoms with van der Waals surface area (Å²) in [6.45, 7) is 1.88. The first-order chi connectivity index (χ1) is 8.47. The molecule has 0 saturated heterocycles. The van der Waals surface area contributed by atoms with Crippen LogP contribution < -0.4 is 0 Å². The summed E-state index contributed by atoms with van der Waals surface area (Å²) in [4.78, 5) is 12.3. The second-order valence-electron chi connectivity index (χ2n) is 3.97. The predicted molar refractivity (Wildman–Crippen MR) is 73.7 cm³/mol. The standard InChI is InChI=1S/C14H9BrClFO/c1-8-4-9(6-10(15)5-8)14(18)12-7-11(17)2-3-13(12)16/h2-7H,1H3. The number of rotatable bonds is 2. The highest BCUT2D eigenvalue weighted by Crippen LogP contribution is 2.23. The number of halogens is 3. The summed E-state index contributed by atoms with van der Waals surface area (Å²) in [5, 5.41) is 0.249. The first-order valence-electron chi connectivity index (χ1n) is 5.24. The molecule has 0 heterocycles. The van der Waals surface area contributed by atoms with Gasteiger partial charge in [-0.3, -0.25) is 4.79 Å². The molecule has 0 radical (unpaired) electrons. The first-order valence-corrected chi connectivity index (χ1v) is 6.41. The molecule has 92 valence electrons. The van der Waals surface area contributed by atoms with E-state index in [0.29, 0.717) is 5.56 Å². The third-order valence-electron chi connectivity index (χ3n) is 2.48. The van der Waals surface area contributed by atoms with Gasteiger partial charge in [-0.2, -0.15) is 0 Å². The Bertz CT molecular complexity index is 605. The van der Waals surface area contributed by atoms with Crippen molar-refractivity contribution < 1.29 is 9.18 Å². The number of hydrogen-bond acceptors (Lipinski definition) is 1. The molecular weight excluding hydrogens is 319 g/mol. The van der Waals surface area contributed by atoms with Gasteiger partial charge < -0.3 is 0 Å². The smallest absolute Gasteiger partial charge is 0.194 e. The molecule has 2 aromatic carbocycles. The SMILES string of the molecule is Cc1cc(Br)cc(C(=O)c2cc(F)ccc2Cl)c1. The van der Waals surface area contributed by atoms with Gasteiger partial charge in [0.15, 0.2) is 5.78 Å². The van der Waals surface area contributed by atoms with Crippen molar-refractivity contribution in [1.29, 1.82) is 0 Å². The van der Waals surface area contributed by atoms with Crippen molar-refractivity contribution in [1.82, 2.24) is 0 Å². The van der Waals surface area contributed by atoms with Crippen LogP contribution in [0, 0.1) is 12.7 Å². The van der Waals surface area contributed by atoms with Gasteiger partial charge in [-0.1, -0.05) is 27.5 Å². The Morgan fingerprint density at radius 2 is 1.94 bits per heavy atom. The van der Waals surface area contributed by atoms with Gasteiger partial charge in [-0.05, 0) is 48.9 Å². The minimum atomic E-state index is -0.477. The topological polar surface area (TPSA) is 17.1 Å². The maximum Gasteiger partial charge on any atom is 0.194 e. The molecular formula is C14H9BrClFO. The molecule has 0 atom stereocenters. The van der Waals surface area contributed by atoms with Gasteiger partial charge in [-0.25, -0.2) is 4.39 Å². The molecule has 0 aliphatic carbocycles. The third-order valence-corrected chi connectivity index (χ3v) is 3.26.